The molecule has 0 heterocycles. The molecule has 0 fully saturated rings. The summed E-state index contributed by atoms with van der Waals surface area (Å²) in [6.07, 6.45) is 2.49. The second-order valence-electron chi connectivity index (χ2n) is 5.84. The minimum atomic E-state index is -2.72. The molecule has 2 N–H and O–H groups in total. The molecule has 0 rings (SSSR count). The van der Waals surface area contributed by atoms with Crippen LogP contribution in [0.2, 0.25) is 26.2 Å². The molecule has 112 valence electrons. The van der Waals surface area contributed by atoms with E-state index in [0.29, 0.717) is 12.8 Å². The fourth-order valence-electron chi connectivity index (χ4n) is 1.81. The van der Waals surface area contributed by atoms with Crippen molar-refractivity contribution in [2.75, 3.05) is 0 Å². The van der Waals surface area contributed by atoms with E-state index in [1.165, 1.54) is 0 Å². The molecule has 5 nitrogen and oxygen atoms in total. The van der Waals surface area contributed by atoms with E-state index in [9.17, 15) is 9.59 Å². The average molecular weight is 305 g/mol. The number of amides is 2. The van der Waals surface area contributed by atoms with E-state index < -0.39 is 17.0 Å². The van der Waals surface area contributed by atoms with Gasteiger partial charge in [0.2, 0.25) is 11.8 Å². The molecule has 0 aliphatic heterocycles. The molecule has 0 unspecified atom stereocenters. The summed E-state index contributed by atoms with van der Waals surface area (Å²) >= 11 is 0. The SMILES string of the molecule is CCCC(=O)N[Si](C)(NC(=O)CCC)O[Si](C)(C)C. The van der Waals surface area contributed by atoms with Gasteiger partial charge in [0.15, 0.2) is 8.32 Å². The Labute approximate surface area is 118 Å². The van der Waals surface area contributed by atoms with Crippen molar-refractivity contribution in [3.8, 4) is 0 Å². The van der Waals surface area contributed by atoms with Crippen LogP contribution in [0.5, 0.6) is 0 Å². The van der Waals surface area contributed by atoms with Crippen molar-refractivity contribution in [1.82, 2.24) is 9.96 Å². The molecular weight excluding hydrogens is 276 g/mol. The van der Waals surface area contributed by atoms with Crippen LogP contribution in [-0.2, 0) is 13.7 Å². The van der Waals surface area contributed by atoms with Crippen molar-refractivity contribution >= 4 is 28.8 Å². The topological polar surface area (TPSA) is 67.4 Å². The van der Waals surface area contributed by atoms with Crippen molar-refractivity contribution in [3.05, 3.63) is 0 Å². The fourth-order valence-corrected chi connectivity index (χ4v) is 8.49. The van der Waals surface area contributed by atoms with Gasteiger partial charge in [-0.05, 0) is 39.0 Å². The molecule has 0 radical (unpaired) electrons. The van der Waals surface area contributed by atoms with Crippen molar-refractivity contribution in [2.24, 2.45) is 0 Å². The highest BCUT2D eigenvalue weighted by atomic mass is 28.4. The van der Waals surface area contributed by atoms with Crippen LogP contribution in [0.4, 0.5) is 0 Å². The van der Waals surface area contributed by atoms with Gasteiger partial charge in [0.1, 0.15) is 0 Å². The average Bonchev–Trinajstić information content (AvgIpc) is 2.12. The van der Waals surface area contributed by atoms with Crippen LogP contribution in [0.3, 0.4) is 0 Å². The molecule has 0 saturated heterocycles. The zero-order chi connectivity index (χ0) is 15.1. The third-order valence-electron chi connectivity index (χ3n) is 2.22. The van der Waals surface area contributed by atoms with Gasteiger partial charge in [-0.3, -0.25) is 9.59 Å². The highest BCUT2D eigenvalue weighted by Crippen LogP contribution is 2.10. The quantitative estimate of drug-likeness (QED) is 0.676. The van der Waals surface area contributed by atoms with E-state index in [2.05, 4.69) is 29.6 Å². The number of nitrogens with one attached hydrogen (secondary N) is 2. The summed E-state index contributed by atoms with van der Waals surface area (Å²) in [6.45, 7) is 11.9. The first-order valence-corrected chi connectivity index (χ1v) is 12.8. The summed E-state index contributed by atoms with van der Waals surface area (Å²) in [7, 11) is -4.56. The Balaban J connectivity index is 4.80. The maximum absolute atomic E-state index is 11.8. The standard InChI is InChI=1S/C12H28N2O3Si2/c1-7-9-11(15)13-19(6,17-18(3,4)5)14-12(16)10-8-2/h7-10H2,1-6H3,(H,13,15)(H,14,16). The zero-order valence-corrected chi connectivity index (χ0v) is 15.1. The van der Waals surface area contributed by atoms with Gasteiger partial charge in [-0.25, -0.2) is 0 Å². The minimum absolute atomic E-state index is 0.0493. The van der Waals surface area contributed by atoms with Crippen LogP contribution in [-0.4, -0.2) is 28.8 Å². The van der Waals surface area contributed by atoms with Gasteiger partial charge in [0, 0.05) is 12.8 Å². The van der Waals surface area contributed by atoms with Gasteiger partial charge < -0.3 is 14.1 Å². The Hall–Kier alpha value is -0.666. The van der Waals surface area contributed by atoms with E-state index >= 15 is 0 Å². The first-order valence-electron chi connectivity index (χ1n) is 6.94. The van der Waals surface area contributed by atoms with Crippen LogP contribution in [0.15, 0.2) is 0 Å². The van der Waals surface area contributed by atoms with E-state index in [-0.39, 0.29) is 11.8 Å². The second kappa shape index (κ2) is 7.81. The summed E-state index contributed by atoms with van der Waals surface area (Å²) in [4.78, 5) is 29.4. The Kier molecular flexibility index (Phi) is 7.54. The summed E-state index contributed by atoms with van der Waals surface area (Å²) in [5, 5.41) is 0. The third-order valence-corrected chi connectivity index (χ3v) is 7.81. The zero-order valence-electron chi connectivity index (χ0n) is 13.1. The van der Waals surface area contributed by atoms with E-state index in [1.807, 2.05) is 20.4 Å². The van der Waals surface area contributed by atoms with E-state index in [4.69, 9.17) is 4.12 Å². The monoisotopic (exact) mass is 304 g/mol. The Bertz CT molecular complexity index is 297. The molecule has 19 heavy (non-hydrogen) atoms. The lowest BCUT2D eigenvalue weighted by molar-refractivity contribution is -0.120. The molecule has 2 amide bonds. The molecule has 7 heteroatoms. The Morgan fingerprint density at radius 1 is 0.895 bits per heavy atom. The van der Waals surface area contributed by atoms with Crippen LogP contribution < -0.4 is 9.96 Å². The lowest BCUT2D eigenvalue weighted by atomic mass is 10.3. The molecule has 0 atom stereocenters. The van der Waals surface area contributed by atoms with Gasteiger partial charge in [-0.2, -0.15) is 0 Å². The summed E-state index contributed by atoms with van der Waals surface area (Å²) < 4.78 is 6.07. The maximum Gasteiger partial charge on any atom is 0.404 e. The second-order valence-corrected chi connectivity index (χ2v) is 13.5. The highest BCUT2D eigenvalue weighted by molar-refractivity contribution is 6.84. The number of rotatable bonds is 8. The highest BCUT2D eigenvalue weighted by Gasteiger charge is 2.39. The predicted molar refractivity (Wildman–Crippen MR) is 82.2 cm³/mol. The summed E-state index contributed by atoms with van der Waals surface area (Å²) in [6, 6.07) is 0. The molecule has 0 aromatic heterocycles. The molecule has 0 bridgehead atoms. The maximum atomic E-state index is 11.8. The van der Waals surface area contributed by atoms with Crippen LogP contribution >= 0.6 is 0 Å². The summed E-state index contributed by atoms with van der Waals surface area (Å²) in [5.74, 6) is -0.0987. The van der Waals surface area contributed by atoms with Crippen LogP contribution in [0.1, 0.15) is 39.5 Å². The molecule has 0 aromatic rings. The number of hydrogen-bond donors (Lipinski definition) is 2. The number of carbonyl (C=O) groups excluding carboxylic acids is 2. The third kappa shape index (κ3) is 8.95. The summed E-state index contributed by atoms with van der Waals surface area (Å²) in [5.41, 5.74) is 0. The Morgan fingerprint density at radius 3 is 1.53 bits per heavy atom. The van der Waals surface area contributed by atoms with Gasteiger partial charge in [0.05, 0.1) is 0 Å². The molecular formula is C12H28N2O3Si2. The Morgan fingerprint density at radius 2 is 1.26 bits per heavy atom. The first kappa shape index (κ1) is 18.3. The van der Waals surface area contributed by atoms with Crippen LogP contribution in [0, 0.1) is 0 Å². The smallest absolute Gasteiger partial charge is 0.404 e. The molecule has 0 aliphatic carbocycles. The molecule has 0 saturated carbocycles. The predicted octanol–water partition coefficient (Wildman–Crippen LogP) is 2.24. The molecule has 0 spiro atoms. The van der Waals surface area contributed by atoms with Crippen molar-refractivity contribution in [3.63, 3.8) is 0 Å². The number of carbonyl (C=O) groups is 2. The normalized spacial score (nSPS) is 12.1. The van der Waals surface area contributed by atoms with Crippen molar-refractivity contribution in [2.45, 2.75) is 65.7 Å². The fraction of sp³-hybridized carbons (Fsp3) is 0.833. The first-order chi connectivity index (χ1) is 8.62. The van der Waals surface area contributed by atoms with E-state index in [0.717, 1.165) is 12.8 Å². The van der Waals surface area contributed by atoms with Gasteiger partial charge in [-0.15, -0.1) is 0 Å². The largest absolute Gasteiger partial charge is 0.425 e. The van der Waals surface area contributed by atoms with Gasteiger partial charge in [0.25, 0.3) is 0 Å². The van der Waals surface area contributed by atoms with Gasteiger partial charge in [-0.1, -0.05) is 13.8 Å². The molecule has 0 aromatic carbocycles. The molecule has 0 aliphatic rings. The van der Waals surface area contributed by atoms with Gasteiger partial charge >= 0.3 is 8.64 Å². The van der Waals surface area contributed by atoms with Crippen molar-refractivity contribution in [1.29, 1.82) is 0 Å². The van der Waals surface area contributed by atoms with E-state index in [1.54, 1.807) is 0 Å². The number of hydrogen-bond acceptors (Lipinski definition) is 3. The lowest BCUT2D eigenvalue weighted by Crippen LogP contribution is -2.68. The van der Waals surface area contributed by atoms with Crippen LogP contribution in [0.25, 0.3) is 0 Å². The minimum Gasteiger partial charge on any atom is -0.425 e. The lowest BCUT2D eigenvalue weighted by Gasteiger charge is -2.34. The van der Waals surface area contributed by atoms with Crippen molar-refractivity contribution < 1.29 is 13.7 Å².